The number of hydrazone groups is 1. The summed E-state index contributed by atoms with van der Waals surface area (Å²) in [7, 11) is 0. The molecule has 0 saturated carbocycles. The Bertz CT molecular complexity index is 1220. The smallest absolute Gasteiger partial charge is 0.338 e. The van der Waals surface area contributed by atoms with Crippen molar-refractivity contribution in [2.75, 3.05) is 5.01 Å². The fraction of sp³-hybridized carbons (Fsp3) is 0.160. The monoisotopic (exact) mass is 448 g/mol. The van der Waals surface area contributed by atoms with Gasteiger partial charge in [-0.05, 0) is 75.4 Å². The number of esters is 1. The zero-order valence-corrected chi connectivity index (χ0v) is 18.6. The third-order valence-electron chi connectivity index (χ3n) is 4.80. The molecule has 2 aromatic carbocycles. The quantitative estimate of drug-likeness (QED) is 0.356. The van der Waals surface area contributed by atoms with Gasteiger partial charge in [0.15, 0.2) is 0 Å². The lowest BCUT2D eigenvalue weighted by Gasteiger charge is -2.11. The van der Waals surface area contributed by atoms with Crippen LogP contribution in [0.25, 0.3) is 17.4 Å². The fourth-order valence-corrected chi connectivity index (χ4v) is 3.35. The van der Waals surface area contributed by atoms with Crippen LogP contribution in [0.5, 0.6) is 0 Å². The minimum atomic E-state index is -0.365. The molecule has 2 heterocycles. The number of ether oxygens (including phenoxy) is 1. The number of amides is 1. The molecule has 1 aliphatic rings. The molecule has 0 radical (unpaired) electrons. The first-order valence-corrected chi connectivity index (χ1v) is 10.5. The molecule has 1 aromatic heterocycles. The van der Waals surface area contributed by atoms with E-state index in [0.29, 0.717) is 39.1 Å². The average Bonchev–Trinajstić information content (AvgIpc) is 3.34. The van der Waals surface area contributed by atoms with Crippen molar-refractivity contribution in [2.24, 2.45) is 5.10 Å². The molecule has 0 atom stereocenters. The van der Waals surface area contributed by atoms with Crippen molar-refractivity contribution in [1.29, 1.82) is 0 Å². The standard InChI is InChI=1S/C25H21ClN2O4/c1-15(2)31-25(30)18-6-4-17(5-7-18)23-13-12-21(32-23)14-22-16(3)27-28(24(22)29)20-10-8-19(26)9-11-20/h4-15H,1-3H3/b22-14-. The summed E-state index contributed by atoms with van der Waals surface area (Å²) in [5, 5.41) is 6.29. The van der Waals surface area contributed by atoms with Gasteiger partial charge in [-0.3, -0.25) is 4.79 Å². The van der Waals surface area contributed by atoms with E-state index in [4.69, 9.17) is 20.8 Å². The number of hydrogen-bond donors (Lipinski definition) is 0. The zero-order chi connectivity index (χ0) is 22.8. The van der Waals surface area contributed by atoms with Crippen molar-refractivity contribution in [3.63, 3.8) is 0 Å². The lowest BCUT2D eigenvalue weighted by atomic mass is 10.1. The second-order valence-electron chi connectivity index (χ2n) is 7.57. The Morgan fingerprint density at radius 2 is 1.75 bits per heavy atom. The second kappa shape index (κ2) is 8.85. The molecule has 0 bridgehead atoms. The first-order valence-electron chi connectivity index (χ1n) is 10.1. The number of benzene rings is 2. The SMILES string of the molecule is CC1=NN(c2ccc(Cl)cc2)C(=O)/C1=C\c1ccc(-c2ccc(C(=O)OC(C)C)cc2)o1. The van der Waals surface area contributed by atoms with E-state index in [2.05, 4.69) is 5.10 Å². The van der Waals surface area contributed by atoms with Crippen molar-refractivity contribution >= 4 is 41.0 Å². The Hall–Kier alpha value is -3.64. The Morgan fingerprint density at radius 3 is 2.41 bits per heavy atom. The molecule has 7 heteroatoms. The van der Waals surface area contributed by atoms with Gasteiger partial charge in [0.1, 0.15) is 11.5 Å². The molecular weight excluding hydrogens is 428 g/mol. The van der Waals surface area contributed by atoms with Gasteiger partial charge >= 0.3 is 5.97 Å². The third kappa shape index (κ3) is 4.50. The molecule has 0 N–H and O–H groups in total. The number of rotatable bonds is 5. The van der Waals surface area contributed by atoms with Crippen LogP contribution in [0, 0.1) is 0 Å². The van der Waals surface area contributed by atoms with E-state index in [1.165, 1.54) is 5.01 Å². The lowest BCUT2D eigenvalue weighted by molar-refractivity contribution is -0.114. The molecule has 1 amide bonds. The van der Waals surface area contributed by atoms with Gasteiger partial charge in [-0.2, -0.15) is 10.1 Å². The summed E-state index contributed by atoms with van der Waals surface area (Å²) in [6.07, 6.45) is 1.50. The third-order valence-corrected chi connectivity index (χ3v) is 5.05. The topological polar surface area (TPSA) is 72.1 Å². The van der Waals surface area contributed by atoms with E-state index in [1.54, 1.807) is 81.4 Å². The van der Waals surface area contributed by atoms with Gasteiger partial charge in [-0.25, -0.2) is 4.79 Å². The highest BCUT2D eigenvalue weighted by Gasteiger charge is 2.29. The maximum absolute atomic E-state index is 12.9. The number of nitrogens with zero attached hydrogens (tertiary/aromatic N) is 2. The summed E-state index contributed by atoms with van der Waals surface area (Å²) in [5.74, 6) is 0.543. The van der Waals surface area contributed by atoms with Gasteiger partial charge < -0.3 is 9.15 Å². The molecular formula is C25H21ClN2O4. The van der Waals surface area contributed by atoms with Crippen molar-refractivity contribution in [1.82, 2.24) is 0 Å². The highest BCUT2D eigenvalue weighted by atomic mass is 35.5. The molecule has 0 saturated heterocycles. The molecule has 32 heavy (non-hydrogen) atoms. The lowest BCUT2D eigenvalue weighted by Crippen LogP contribution is -2.21. The number of halogens is 1. The normalized spacial score (nSPS) is 14.9. The summed E-state index contributed by atoms with van der Waals surface area (Å²) in [5.41, 5.74) is 2.96. The zero-order valence-electron chi connectivity index (χ0n) is 17.8. The summed E-state index contributed by atoms with van der Waals surface area (Å²) in [4.78, 5) is 24.9. The molecule has 1 aliphatic heterocycles. The van der Waals surface area contributed by atoms with Crippen LogP contribution in [-0.4, -0.2) is 23.7 Å². The number of carbonyl (C=O) groups is 2. The van der Waals surface area contributed by atoms with Gasteiger partial charge in [0.05, 0.1) is 28.6 Å². The van der Waals surface area contributed by atoms with Gasteiger partial charge in [0.25, 0.3) is 5.91 Å². The number of hydrogen-bond acceptors (Lipinski definition) is 5. The predicted molar refractivity (Wildman–Crippen MR) is 125 cm³/mol. The molecule has 162 valence electrons. The predicted octanol–water partition coefficient (Wildman–Crippen LogP) is 5.97. The van der Waals surface area contributed by atoms with Gasteiger partial charge in [0, 0.05) is 10.6 Å². The summed E-state index contributed by atoms with van der Waals surface area (Å²) < 4.78 is 11.1. The van der Waals surface area contributed by atoms with Crippen LogP contribution in [-0.2, 0) is 9.53 Å². The molecule has 0 fully saturated rings. The number of furan rings is 1. The van der Waals surface area contributed by atoms with E-state index in [1.807, 2.05) is 6.07 Å². The molecule has 0 spiro atoms. The highest BCUT2D eigenvalue weighted by molar-refractivity contribution is 6.32. The first kappa shape index (κ1) is 21.6. The number of anilines is 1. The molecule has 6 nitrogen and oxygen atoms in total. The minimum absolute atomic E-state index is 0.177. The van der Waals surface area contributed by atoms with E-state index in [-0.39, 0.29) is 18.0 Å². The summed E-state index contributed by atoms with van der Waals surface area (Å²) >= 11 is 5.93. The molecule has 0 aliphatic carbocycles. The Kier molecular flexibility index (Phi) is 5.97. The number of carbonyl (C=O) groups excluding carboxylic acids is 2. The van der Waals surface area contributed by atoms with Gasteiger partial charge in [-0.15, -0.1) is 0 Å². The van der Waals surface area contributed by atoms with Gasteiger partial charge in [0.2, 0.25) is 0 Å². The van der Waals surface area contributed by atoms with Crippen molar-refractivity contribution in [3.05, 3.63) is 82.6 Å². The van der Waals surface area contributed by atoms with E-state index < -0.39 is 0 Å². The Balaban J connectivity index is 1.53. The largest absolute Gasteiger partial charge is 0.459 e. The van der Waals surface area contributed by atoms with E-state index >= 15 is 0 Å². The molecule has 4 rings (SSSR count). The van der Waals surface area contributed by atoms with Crippen molar-refractivity contribution in [3.8, 4) is 11.3 Å². The van der Waals surface area contributed by atoms with Crippen molar-refractivity contribution in [2.45, 2.75) is 26.9 Å². The van der Waals surface area contributed by atoms with Gasteiger partial charge in [-0.1, -0.05) is 23.7 Å². The maximum atomic E-state index is 12.9. The van der Waals surface area contributed by atoms with Crippen LogP contribution >= 0.6 is 11.6 Å². The summed E-state index contributed by atoms with van der Waals surface area (Å²) in [6, 6.07) is 17.5. The van der Waals surface area contributed by atoms with Crippen LogP contribution in [0.1, 0.15) is 36.9 Å². The fourth-order valence-electron chi connectivity index (χ4n) is 3.22. The maximum Gasteiger partial charge on any atom is 0.338 e. The second-order valence-corrected chi connectivity index (χ2v) is 8.01. The highest BCUT2D eigenvalue weighted by Crippen LogP contribution is 2.28. The Labute approximate surface area is 190 Å². The van der Waals surface area contributed by atoms with Crippen LogP contribution in [0.3, 0.4) is 0 Å². The minimum Gasteiger partial charge on any atom is -0.459 e. The summed E-state index contributed by atoms with van der Waals surface area (Å²) in [6.45, 7) is 5.39. The van der Waals surface area contributed by atoms with Crippen LogP contribution in [0.2, 0.25) is 5.02 Å². The molecule has 3 aromatic rings. The first-order chi connectivity index (χ1) is 15.3. The average molecular weight is 449 g/mol. The van der Waals surface area contributed by atoms with Crippen molar-refractivity contribution < 1.29 is 18.7 Å². The van der Waals surface area contributed by atoms with E-state index in [9.17, 15) is 9.59 Å². The molecule has 0 unspecified atom stereocenters. The Morgan fingerprint density at radius 1 is 1.06 bits per heavy atom. The van der Waals surface area contributed by atoms with Crippen LogP contribution in [0.4, 0.5) is 5.69 Å². The van der Waals surface area contributed by atoms with Crippen LogP contribution in [0.15, 0.2) is 75.8 Å². The van der Waals surface area contributed by atoms with E-state index in [0.717, 1.165) is 5.56 Å². The van der Waals surface area contributed by atoms with Crippen LogP contribution < -0.4 is 5.01 Å².